The van der Waals surface area contributed by atoms with Crippen LogP contribution < -0.4 is 5.43 Å². The van der Waals surface area contributed by atoms with Crippen molar-refractivity contribution in [2.24, 2.45) is 5.10 Å². The smallest absolute Gasteiger partial charge is 0.267 e. The molecule has 0 saturated heterocycles. The topological polar surface area (TPSA) is 84.6 Å². The van der Waals surface area contributed by atoms with Gasteiger partial charge in [0.25, 0.3) is 11.6 Å². The molecule has 0 fully saturated rings. The van der Waals surface area contributed by atoms with Crippen molar-refractivity contribution in [3.05, 3.63) is 73.2 Å². The van der Waals surface area contributed by atoms with E-state index in [4.69, 9.17) is 23.2 Å². The van der Waals surface area contributed by atoms with Gasteiger partial charge in [-0.1, -0.05) is 29.3 Å². The standard InChI is InChI=1S/C16H13Cl2N3O3/c1-9-7-12(4-6-15(9)21(23)24)16(22)20-19-10(2)11-3-5-13(17)14(18)8-11/h3-8H,1-2H3,(H,20,22)/b19-10+. The molecular formula is C16H13Cl2N3O3. The zero-order valence-corrected chi connectivity index (χ0v) is 14.4. The van der Waals surface area contributed by atoms with Crippen molar-refractivity contribution < 1.29 is 9.72 Å². The number of nitrogens with zero attached hydrogens (tertiary/aromatic N) is 2. The molecule has 8 heteroatoms. The summed E-state index contributed by atoms with van der Waals surface area (Å²) in [5, 5.41) is 15.6. The summed E-state index contributed by atoms with van der Waals surface area (Å²) in [7, 11) is 0. The van der Waals surface area contributed by atoms with Crippen molar-refractivity contribution in [2.75, 3.05) is 0 Å². The van der Waals surface area contributed by atoms with E-state index >= 15 is 0 Å². The number of aryl methyl sites for hydroxylation is 1. The van der Waals surface area contributed by atoms with Crippen molar-refractivity contribution in [2.45, 2.75) is 13.8 Å². The van der Waals surface area contributed by atoms with Gasteiger partial charge in [-0.05, 0) is 43.7 Å². The van der Waals surface area contributed by atoms with Gasteiger partial charge in [-0.3, -0.25) is 14.9 Å². The Bertz CT molecular complexity index is 850. The molecule has 1 amide bonds. The second kappa shape index (κ2) is 7.42. The lowest BCUT2D eigenvalue weighted by Crippen LogP contribution is -2.19. The number of amides is 1. The molecule has 124 valence electrons. The Balaban J connectivity index is 2.15. The number of carbonyl (C=O) groups is 1. The third-order valence-electron chi connectivity index (χ3n) is 3.32. The summed E-state index contributed by atoms with van der Waals surface area (Å²) in [4.78, 5) is 22.4. The van der Waals surface area contributed by atoms with Crippen LogP contribution in [0.2, 0.25) is 10.0 Å². The van der Waals surface area contributed by atoms with Crippen LogP contribution in [0.25, 0.3) is 0 Å². The van der Waals surface area contributed by atoms with Crippen LogP contribution in [0.3, 0.4) is 0 Å². The van der Waals surface area contributed by atoms with Crippen LogP contribution in [-0.2, 0) is 0 Å². The second-order valence-corrected chi connectivity index (χ2v) is 5.84. The highest BCUT2D eigenvalue weighted by molar-refractivity contribution is 6.42. The molecule has 0 aliphatic rings. The van der Waals surface area contributed by atoms with E-state index in [-0.39, 0.29) is 11.3 Å². The molecule has 0 atom stereocenters. The summed E-state index contributed by atoms with van der Waals surface area (Å²) in [6.45, 7) is 3.28. The number of carbonyl (C=O) groups excluding carboxylic acids is 1. The van der Waals surface area contributed by atoms with Gasteiger partial charge >= 0.3 is 0 Å². The highest BCUT2D eigenvalue weighted by Crippen LogP contribution is 2.23. The Morgan fingerprint density at radius 3 is 2.38 bits per heavy atom. The van der Waals surface area contributed by atoms with E-state index in [1.165, 1.54) is 18.2 Å². The predicted octanol–water partition coefficient (Wildman–Crippen LogP) is 4.36. The van der Waals surface area contributed by atoms with E-state index in [1.54, 1.807) is 32.0 Å². The minimum Gasteiger partial charge on any atom is -0.267 e. The number of hydrogen-bond acceptors (Lipinski definition) is 4. The molecule has 0 spiro atoms. The Morgan fingerprint density at radius 2 is 1.79 bits per heavy atom. The number of rotatable bonds is 4. The molecule has 0 aliphatic carbocycles. The quantitative estimate of drug-likeness (QED) is 0.496. The molecular weight excluding hydrogens is 353 g/mol. The van der Waals surface area contributed by atoms with Crippen LogP contribution in [0, 0.1) is 17.0 Å². The molecule has 6 nitrogen and oxygen atoms in total. The Hall–Kier alpha value is -2.44. The van der Waals surface area contributed by atoms with Gasteiger partial charge in [0.15, 0.2) is 0 Å². The minimum atomic E-state index is -0.496. The van der Waals surface area contributed by atoms with Crippen LogP contribution >= 0.6 is 23.2 Å². The molecule has 0 aromatic heterocycles. The summed E-state index contributed by atoms with van der Waals surface area (Å²) < 4.78 is 0. The highest BCUT2D eigenvalue weighted by Gasteiger charge is 2.13. The largest absolute Gasteiger partial charge is 0.272 e. The fraction of sp³-hybridized carbons (Fsp3) is 0.125. The fourth-order valence-corrected chi connectivity index (χ4v) is 2.28. The van der Waals surface area contributed by atoms with Gasteiger partial charge in [0.05, 0.1) is 20.7 Å². The second-order valence-electron chi connectivity index (χ2n) is 5.03. The first kappa shape index (κ1) is 17.9. The minimum absolute atomic E-state index is 0.0398. The summed E-state index contributed by atoms with van der Waals surface area (Å²) in [5.74, 6) is -0.465. The molecule has 1 N–H and O–H groups in total. The normalized spacial score (nSPS) is 11.2. The SMILES string of the molecule is C/C(=N\NC(=O)c1ccc([N+](=O)[O-])c(C)c1)c1ccc(Cl)c(Cl)c1. The van der Waals surface area contributed by atoms with Crippen LogP contribution in [0.4, 0.5) is 5.69 Å². The van der Waals surface area contributed by atoms with E-state index in [9.17, 15) is 14.9 Å². The van der Waals surface area contributed by atoms with Crippen LogP contribution in [0.1, 0.15) is 28.4 Å². The van der Waals surface area contributed by atoms with E-state index in [2.05, 4.69) is 10.5 Å². The zero-order valence-electron chi connectivity index (χ0n) is 12.8. The summed E-state index contributed by atoms with van der Waals surface area (Å²) in [5.41, 5.74) is 4.31. The van der Waals surface area contributed by atoms with Crippen molar-refractivity contribution in [1.82, 2.24) is 5.43 Å². The lowest BCUT2D eigenvalue weighted by Gasteiger charge is -2.05. The highest BCUT2D eigenvalue weighted by atomic mass is 35.5. The number of halogens is 2. The van der Waals surface area contributed by atoms with E-state index in [0.717, 1.165) is 0 Å². The van der Waals surface area contributed by atoms with Crippen molar-refractivity contribution in [3.8, 4) is 0 Å². The van der Waals surface area contributed by atoms with Gasteiger partial charge in [-0.15, -0.1) is 0 Å². The van der Waals surface area contributed by atoms with Crippen LogP contribution in [0.15, 0.2) is 41.5 Å². The first-order valence-electron chi connectivity index (χ1n) is 6.84. The average molecular weight is 366 g/mol. The third-order valence-corrected chi connectivity index (χ3v) is 4.06. The van der Waals surface area contributed by atoms with Gasteiger partial charge in [-0.2, -0.15) is 5.10 Å². The van der Waals surface area contributed by atoms with Crippen molar-refractivity contribution >= 4 is 40.5 Å². The molecule has 0 bridgehead atoms. The van der Waals surface area contributed by atoms with Crippen LogP contribution in [-0.4, -0.2) is 16.5 Å². The Kier molecular flexibility index (Phi) is 5.54. The maximum Gasteiger partial charge on any atom is 0.272 e. The molecule has 2 aromatic rings. The Labute approximate surface area is 148 Å². The van der Waals surface area contributed by atoms with Crippen molar-refractivity contribution in [1.29, 1.82) is 0 Å². The molecule has 0 unspecified atom stereocenters. The number of nitro benzene ring substituents is 1. The molecule has 24 heavy (non-hydrogen) atoms. The summed E-state index contributed by atoms with van der Waals surface area (Å²) in [6, 6.07) is 9.13. The zero-order chi connectivity index (χ0) is 17.9. The van der Waals surface area contributed by atoms with Gasteiger partial charge < -0.3 is 0 Å². The molecule has 2 rings (SSSR count). The number of benzene rings is 2. The molecule has 0 saturated carbocycles. The lowest BCUT2D eigenvalue weighted by molar-refractivity contribution is -0.385. The van der Waals surface area contributed by atoms with E-state index in [0.29, 0.717) is 26.9 Å². The number of hydrogen-bond donors (Lipinski definition) is 1. The maximum absolute atomic E-state index is 12.1. The van der Waals surface area contributed by atoms with Gasteiger partial charge in [0, 0.05) is 17.2 Å². The Morgan fingerprint density at radius 1 is 1.12 bits per heavy atom. The molecule has 0 heterocycles. The average Bonchev–Trinajstić information content (AvgIpc) is 2.54. The van der Waals surface area contributed by atoms with Crippen molar-refractivity contribution in [3.63, 3.8) is 0 Å². The monoisotopic (exact) mass is 365 g/mol. The number of nitro groups is 1. The molecule has 0 aliphatic heterocycles. The predicted molar refractivity (Wildman–Crippen MR) is 94.0 cm³/mol. The molecule has 0 radical (unpaired) electrons. The third kappa shape index (κ3) is 4.10. The first-order chi connectivity index (χ1) is 11.3. The summed E-state index contributed by atoms with van der Waals surface area (Å²) >= 11 is 11.8. The number of nitrogens with one attached hydrogen (secondary N) is 1. The van der Waals surface area contributed by atoms with Gasteiger partial charge in [-0.25, -0.2) is 5.43 Å². The lowest BCUT2D eigenvalue weighted by atomic mass is 10.1. The fourth-order valence-electron chi connectivity index (χ4n) is 1.99. The first-order valence-corrected chi connectivity index (χ1v) is 7.60. The summed E-state index contributed by atoms with van der Waals surface area (Å²) in [6.07, 6.45) is 0. The number of hydrazone groups is 1. The van der Waals surface area contributed by atoms with E-state index < -0.39 is 10.8 Å². The van der Waals surface area contributed by atoms with Gasteiger partial charge in [0.1, 0.15) is 0 Å². The van der Waals surface area contributed by atoms with Gasteiger partial charge in [0.2, 0.25) is 0 Å². The van der Waals surface area contributed by atoms with E-state index in [1.807, 2.05) is 0 Å². The molecule has 2 aromatic carbocycles. The van der Waals surface area contributed by atoms with Crippen LogP contribution in [0.5, 0.6) is 0 Å². The maximum atomic E-state index is 12.1.